The van der Waals surface area contributed by atoms with Crippen molar-refractivity contribution in [3.05, 3.63) is 29.3 Å². The molecule has 5 nitrogen and oxygen atoms in total. The van der Waals surface area contributed by atoms with Crippen molar-refractivity contribution in [2.24, 2.45) is 5.41 Å². The molecule has 1 aromatic carbocycles. The third-order valence-electron chi connectivity index (χ3n) is 3.77. The zero-order valence-corrected chi connectivity index (χ0v) is 15.1. The van der Waals surface area contributed by atoms with E-state index in [1.54, 1.807) is 14.0 Å². The molecule has 0 aromatic heterocycles. The number of carbonyl (C=O) groups is 1. The van der Waals surface area contributed by atoms with Gasteiger partial charge in [0.25, 0.3) is 0 Å². The molecule has 0 aliphatic heterocycles. The number of benzene rings is 1. The van der Waals surface area contributed by atoms with Crippen LogP contribution in [0.15, 0.2) is 18.2 Å². The average molecular weight is 322 g/mol. The fourth-order valence-corrected chi connectivity index (χ4v) is 2.71. The second-order valence-corrected chi connectivity index (χ2v) is 7.01. The van der Waals surface area contributed by atoms with Gasteiger partial charge in [-0.2, -0.15) is 0 Å². The zero-order chi connectivity index (χ0) is 17.6. The monoisotopic (exact) mass is 322 g/mol. The molecule has 0 heterocycles. The number of urea groups is 1. The van der Waals surface area contributed by atoms with E-state index in [1.165, 1.54) is 0 Å². The van der Waals surface area contributed by atoms with Gasteiger partial charge in [0.1, 0.15) is 5.75 Å². The minimum absolute atomic E-state index is 0.157. The van der Waals surface area contributed by atoms with Gasteiger partial charge in [0.2, 0.25) is 0 Å². The first-order chi connectivity index (χ1) is 10.6. The van der Waals surface area contributed by atoms with E-state index in [0.717, 1.165) is 16.9 Å². The molecule has 23 heavy (non-hydrogen) atoms. The molecule has 0 saturated heterocycles. The standard InChI is InChI=1S/C18H30N2O3/c1-12-7-8-16(23-6)15(9-12)14(3)20-17(22)19-11-18(4,5)10-13(2)21/h7-9,13-14,21H,10-11H2,1-6H3,(H2,19,20,22). The maximum atomic E-state index is 12.1. The number of rotatable bonds is 7. The Labute approximate surface area is 139 Å². The Morgan fingerprint density at radius 3 is 2.57 bits per heavy atom. The Morgan fingerprint density at radius 1 is 1.35 bits per heavy atom. The Balaban J connectivity index is 2.62. The normalized spacial score (nSPS) is 14.0. The number of aliphatic hydroxyl groups is 1. The summed E-state index contributed by atoms with van der Waals surface area (Å²) in [6.45, 7) is 10.2. The lowest BCUT2D eigenvalue weighted by molar-refractivity contribution is 0.128. The van der Waals surface area contributed by atoms with E-state index in [2.05, 4.69) is 10.6 Å². The molecule has 0 bridgehead atoms. The molecule has 0 spiro atoms. The smallest absolute Gasteiger partial charge is 0.315 e. The van der Waals surface area contributed by atoms with Crippen LogP contribution in [0.25, 0.3) is 0 Å². The predicted molar refractivity (Wildman–Crippen MR) is 92.8 cm³/mol. The van der Waals surface area contributed by atoms with Crippen LogP contribution in [0.5, 0.6) is 5.75 Å². The van der Waals surface area contributed by atoms with Gasteiger partial charge in [-0.15, -0.1) is 0 Å². The van der Waals surface area contributed by atoms with E-state index in [-0.39, 0.29) is 23.6 Å². The van der Waals surface area contributed by atoms with Crippen LogP contribution >= 0.6 is 0 Å². The van der Waals surface area contributed by atoms with Crippen LogP contribution in [0.1, 0.15) is 51.3 Å². The molecule has 1 rings (SSSR count). The fraction of sp³-hybridized carbons (Fsp3) is 0.611. The molecule has 3 N–H and O–H groups in total. The molecule has 0 saturated carbocycles. The van der Waals surface area contributed by atoms with E-state index >= 15 is 0 Å². The summed E-state index contributed by atoms with van der Waals surface area (Å²) >= 11 is 0. The first-order valence-electron chi connectivity index (χ1n) is 8.01. The summed E-state index contributed by atoms with van der Waals surface area (Å²) in [7, 11) is 1.62. The van der Waals surface area contributed by atoms with Crippen LogP contribution in [0.4, 0.5) is 4.79 Å². The number of aliphatic hydroxyl groups excluding tert-OH is 1. The minimum atomic E-state index is -0.384. The van der Waals surface area contributed by atoms with Crippen molar-refractivity contribution in [3.8, 4) is 5.75 Å². The number of methoxy groups -OCH3 is 1. The van der Waals surface area contributed by atoms with Gasteiger partial charge in [-0.1, -0.05) is 31.5 Å². The highest BCUT2D eigenvalue weighted by Crippen LogP contribution is 2.26. The van der Waals surface area contributed by atoms with Crippen molar-refractivity contribution in [2.75, 3.05) is 13.7 Å². The molecule has 0 aliphatic carbocycles. The lowest BCUT2D eigenvalue weighted by atomic mass is 9.87. The van der Waals surface area contributed by atoms with Gasteiger partial charge >= 0.3 is 6.03 Å². The van der Waals surface area contributed by atoms with Crippen molar-refractivity contribution in [3.63, 3.8) is 0 Å². The average Bonchev–Trinajstić information content (AvgIpc) is 2.44. The van der Waals surface area contributed by atoms with Crippen molar-refractivity contribution >= 4 is 6.03 Å². The summed E-state index contributed by atoms with van der Waals surface area (Å²) in [4.78, 5) is 12.1. The molecule has 0 fully saturated rings. The van der Waals surface area contributed by atoms with Crippen molar-refractivity contribution in [2.45, 2.75) is 53.2 Å². The highest BCUT2D eigenvalue weighted by molar-refractivity contribution is 5.74. The molecular formula is C18H30N2O3. The van der Waals surface area contributed by atoms with Crippen molar-refractivity contribution < 1.29 is 14.6 Å². The van der Waals surface area contributed by atoms with Gasteiger partial charge in [0, 0.05) is 12.1 Å². The van der Waals surface area contributed by atoms with Gasteiger partial charge in [0.15, 0.2) is 0 Å². The summed E-state index contributed by atoms with van der Waals surface area (Å²) in [5.41, 5.74) is 1.91. The maximum absolute atomic E-state index is 12.1. The van der Waals surface area contributed by atoms with Crippen molar-refractivity contribution in [1.29, 1.82) is 0 Å². The summed E-state index contributed by atoms with van der Waals surface area (Å²) in [5, 5.41) is 15.3. The van der Waals surface area contributed by atoms with E-state index in [0.29, 0.717) is 13.0 Å². The van der Waals surface area contributed by atoms with Crippen LogP contribution in [-0.4, -0.2) is 30.9 Å². The SMILES string of the molecule is COc1ccc(C)cc1C(C)NC(=O)NCC(C)(C)CC(C)O. The third kappa shape index (κ3) is 6.48. The lowest BCUT2D eigenvalue weighted by Crippen LogP contribution is -2.42. The topological polar surface area (TPSA) is 70.6 Å². The number of amides is 2. The molecule has 130 valence electrons. The molecule has 2 amide bonds. The maximum Gasteiger partial charge on any atom is 0.315 e. The van der Waals surface area contributed by atoms with Gasteiger partial charge in [-0.25, -0.2) is 4.79 Å². The summed E-state index contributed by atoms with van der Waals surface area (Å²) in [6, 6.07) is 5.52. The predicted octanol–water partition coefficient (Wildman–Crippen LogP) is 3.16. The number of hydrogen-bond acceptors (Lipinski definition) is 3. The molecule has 0 aliphatic rings. The molecular weight excluding hydrogens is 292 g/mol. The van der Waals surface area contributed by atoms with Crippen LogP contribution in [0, 0.1) is 12.3 Å². The third-order valence-corrected chi connectivity index (χ3v) is 3.77. The molecule has 0 radical (unpaired) electrons. The number of aryl methyl sites for hydroxylation is 1. The molecule has 2 atom stereocenters. The quantitative estimate of drug-likeness (QED) is 0.722. The first-order valence-corrected chi connectivity index (χ1v) is 8.01. The number of nitrogens with one attached hydrogen (secondary N) is 2. The van der Waals surface area contributed by atoms with Gasteiger partial charge in [-0.3, -0.25) is 0 Å². The molecule has 1 aromatic rings. The Hall–Kier alpha value is -1.75. The largest absolute Gasteiger partial charge is 0.496 e. The fourth-order valence-electron chi connectivity index (χ4n) is 2.71. The van der Waals surface area contributed by atoms with Gasteiger partial charge in [0.05, 0.1) is 19.3 Å². The lowest BCUT2D eigenvalue weighted by Gasteiger charge is -2.27. The zero-order valence-electron chi connectivity index (χ0n) is 15.1. The first kappa shape index (κ1) is 19.3. The summed E-state index contributed by atoms with van der Waals surface area (Å²) in [5.74, 6) is 0.762. The minimum Gasteiger partial charge on any atom is -0.496 e. The number of hydrogen-bond donors (Lipinski definition) is 3. The summed E-state index contributed by atoms with van der Waals surface area (Å²) < 4.78 is 5.36. The summed E-state index contributed by atoms with van der Waals surface area (Å²) in [6.07, 6.45) is 0.250. The Bertz CT molecular complexity index is 527. The Morgan fingerprint density at radius 2 is 2.00 bits per heavy atom. The van der Waals surface area contributed by atoms with Crippen LogP contribution in [0.3, 0.4) is 0 Å². The Kier molecular flexibility index (Phi) is 6.88. The van der Waals surface area contributed by atoms with E-state index in [9.17, 15) is 9.90 Å². The van der Waals surface area contributed by atoms with E-state index in [1.807, 2.05) is 45.9 Å². The van der Waals surface area contributed by atoms with E-state index in [4.69, 9.17) is 4.74 Å². The molecule has 5 heteroatoms. The van der Waals surface area contributed by atoms with Crippen LogP contribution < -0.4 is 15.4 Å². The number of ether oxygens (including phenoxy) is 1. The van der Waals surface area contributed by atoms with Crippen molar-refractivity contribution in [1.82, 2.24) is 10.6 Å². The highest BCUT2D eigenvalue weighted by Gasteiger charge is 2.22. The van der Waals surface area contributed by atoms with E-state index < -0.39 is 0 Å². The van der Waals surface area contributed by atoms with Crippen LogP contribution in [0.2, 0.25) is 0 Å². The molecule has 2 unspecified atom stereocenters. The van der Waals surface area contributed by atoms with Gasteiger partial charge in [-0.05, 0) is 38.7 Å². The second-order valence-electron chi connectivity index (χ2n) is 7.01. The highest BCUT2D eigenvalue weighted by atomic mass is 16.5. The second kappa shape index (κ2) is 8.20. The number of carbonyl (C=O) groups excluding carboxylic acids is 1. The van der Waals surface area contributed by atoms with Crippen LogP contribution in [-0.2, 0) is 0 Å². The van der Waals surface area contributed by atoms with Gasteiger partial charge < -0.3 is 20.5 Å².